The lowest BCUT2D eigenvalue weighted by Gasteiger charge is -2.07. The Morgan fingerprint density at radius 1 is 1.04 bits per heavy atom. The van der Waals surface area contributed by atoms with E-state index in [1.54, 1.807) is 0 Å². The molecule has 0 aliphatic carbocycles. The maximum absolute atomic E-state index is 11.9. The molecule has 0 saturated carbocycles. The summed E-state index contributed by atoms with van der Waals surface area (Å²) in [7, 11) is 0. The smallest absolute Gasteiger partial charge is 0.325 e. The lowest BCUT2D eigenvalue weighted by Crippen LogP contribution is -2.19. The van der Waals surface area contributed by atoms with E-state index in [2.05, 4.69) is 11.9 Å². The zero-order valence-electron chi connectivity index (χ0n) is 14.5. The van der Waals surface area contributed by atoms with Crippen LogP contribution >= 0.6 is 0 Å². The Labute approximate surface area is 139 Å². The zero-order chi connectivity index (χ0) is 16.9. The van der Waals surface area contributed by atoms with Gasteiger partial charge in [-0.2, -0.15) is 0 Å². The first-order chi connectivity index (χ1) is 11.1. The Morgan fingerprint density at radius 2 is 1.70 bits per heavy atom. The lowest BCUT2D eigenvalue weighted by molar-refractivity contribution is -0.137. The molecule has 0 atom stereocenters. The second kappa shape index (κ2) is 12.0. The minimum Gasteiger partial charge on any atom is -0.481 e. The van der Waals surface area contributed by atoms with E-state index in [1.807, 2.05) is 10.8 Å². The number of aliphatic carboxylic acids is 1. The molecule has 0 fully saturated rings. The maximum Gasteiger partial charge on any atom is 0.325 e. The molecule has 23 heavy (non-hydrogen) atoms. The van der Waals surface area contributed by atoms with Crippen molar-refractivity contribution in [3.63, 3.8) is 0 Å². The van der Waals surface area contributed by atoms with E-state index >= 15 is 0 Å². The first kappa shape index (κ1) is 19.5. The Morgan fingerprint density at radius 3 is 2.43 bits per heavy atom. The van der Waals surface area contributed by atoms with E-state index in [-0.39, 0.29) is 12.1 Å². The minimum atomic E-state index is -0.729. The van der Waals surface area contributed by atoms with E-state index in [0.717, 1.165) is 50.8 Å². The van der Waals surface area contributed by atoms with Gasteiger partial charge < -0.3 is 10.1 Å². The van der Waals surface area contributed by atoms with Gasteiger partial charge in [0.25, 0.3) is 0 Å². The number of hydrogen-bond donors (Lipinski definition) is 2. The highest BCUT2D eigenvalue weighted by molar-refractivity contribution is 5.66. The van der Waals surface area contributed by atoms with Crippen LogP contribution in [0.5, 0.6) is 0 Å². The number of aromatic nitrogens is 2. The first-order valence-corrected chi connectivity index (χ1v) is 9.14. The largest absolute Gasteiger partial charge is 0.481 e. The van der Waals surface area contributed by atoms with Gasteiger partial charge in [0, 0.05) is 24.9 Å². The fourth-order valence-corrected chi connectivity index (χ4v) is 2.87. The van der Waals surface area contributed by atoms with Gasteiger partial charge in [-0.05, 0) is 25.7 Å². The standard InChI is InChI=1S/C18H32N2O3/c1-2-3-4-5-6-9-12-16-15-19-18(23)20(16)14-11-8-7-10-13-17(21)22/h15H,2-14H2,1H3,(H,19,23)(H,21,22). The summed E-state index contributed by atoms with van der Waals surface area (Å²) in [6, 6.07) is 0. The van der Waals surface area contributed by atoms with E-state index in [4.69, 9.17) is 5.11 Å². The molecule has 1 aromatic heterocycles. The van der Waals surface area contributed by atoms with Crippen molar-refractivity contribution in [1.29, 1.82) is 0 Å². The maximum atomic E-state index is 11.9. The highest BCUT2D eigenvalue weighted by atomic mass is 16.4. The van der Waals surface area contributed by atoms with Gasteiger partial charge in [0.1, 0.15) is 0 Å². The fourth-order valence-electron chi connectivity index (χ4n) is 2.87. The zero-order valence-corrected chi connectivity index (χ0v) is 14.5. The second-order valence-corrected chi connectivity index (χ2v) is 6.31. The summed E-state index contributed by atoms with van der Waals surface area (Å²) in [5.74, 6) is -0.729. The SMILES string of the molecule is CCCCCCCCc1c[nH]c(=O)n1CCCCCCC(=O)O. The molecule has 0 radical (unpaired) electrons. The third-order valence-electron chi connectivity index (χ3n) is 4.26. The average Bonchev–Trinajstić information content (AvgIpc) is 2.86. The third-order valence-corrected chi connectivity index (χ3v) is 4.26. The van der Waals surface area contributed by atoms with E-state index in [1.165, 1.54) is 32.1 Å². The van der Waals surface area contributed by atoms with Crippen molar-refractivity contribution in [1.82, 2.24) is 9.55 Å². The van der Waals surface area contributed by atoms with Crippen LogP contribution in [0.15, 0.2) is 11.0 Å². The Hall–Kier alpha value is -1.52. The van der Waals surface area contributed by atoms with Crippen LogP contribution < -0.4 is 5.69 Å². The van der Waals surface area contributed by atoms with Crippen molar-refractivity contribution < 1.29 is 9.90 Å². The molecule has 0 bridgehead atoms. The van der Waals surface area contributed by atoms with Crippen LogP contribution in [0.3, 0.4) is 0 Å². The number of carboxylic acids is 1. The van der Waals surface area contributed by atoms with Crippen LogP contribution in [0.1, 0.15) is 83.2 Å². The number of carboxylic acid groups (broad SMARTS) is 1. The molecule has 0 amide bonds. The predicted molar refractivity (Wildman–Crippen MR) is 92.9 cm³/mol. The van der Waals surface area contributed by atoms with Crippen molar-refractivity contribution in [2.45, 2.75) is 90.5 Å². The molecule has 2 N–H and O–H groups in total. The topological polar surface area (TPSA) is 75.1 Å². The summed E-state index contributed by atoms with van der Waals surface area (Å²) in [5, 5.41) is 8.59. The number of carbonyl (C=O) groups is 1. The Kier molecular flexibility index (Phi) is 10.2. The van der Waals surface area contributed by atoms with Crippen LogP contribution in [0.4, 0.5) is 0 Å². The molecule has 0 aromatic carbocycles. The molecule has 0 spiro atoms. The number of H-pyrrole nitrogens is 1. The molecule has 0 aliphatic heterocycles. The molecule has 5 nitrogen and oxygen atoms in total. The minimum absolute atomic E-state index is 0.0171. The summed E-state index contributed by atoms with van der Waals surface area (Å²) in [5.41, 5.74) is 1.09. The van der Waals surface area contributed by atoms with Crippen molar-refractivity contribution in [3.05, 3.63) is 22.4 Å². The van der Waals surface area contributed by atoms with Crippen molar-refractivity contribution in [2.24, 2.45) is 0 Å². The number of aromatic amines is 1. The van der Waals surface area contributed by atoms with Gasteiger partial charge in [0.2, 0.25) is 0 Å². The van der Waals surface area contributed by atoms with Crippen LogP contribution in [0.25, 0.3) is 0 Å². The van der Waals surface area contributed by atoms with Gasteiger partial charge in [-0.15, -0.1) is 0 Å². The second-order valence-electron chi connectivity index (χ2n) is 6.31. The molecule has 1 aromatic rings. The number of nitrogens with zero attached hydrogens (tertiary/aromatic N) is 1. The molecule has 5 heteroatoms. The number of rotatable bonds is 14. The highest BCUT2D eigenvalue weighted by Crippen LogP contribution is 2.10. The predicted octanol–water partition coefficient (Wildman–Crippen LogP) is 4.11. The number of imidazole rings is 1. The molecular weight excluding hydrogens is 292 g/mol. The van der Waals surface area contributed by atoms with E-state index in [0.29, 0.717) is 0 Å². The summed E-state index contributed by atoms with van der Waals surface area (Å²) in [6.45, 7) is 2.96. The Balaban J connectivity index is 2.23. The molecule has 132 valence electrons. The molecule has 1 rings (SSSR count). The monoisotopic (exact) mass is 324 g/mol. The van der Waals surface area contributed by atoms with E-state index < -0.39 is 5.97 Å². The third kappa shape index (κ3) is 8.62. The molecule has 1 heterocycles. The summed E-state index contributed by atoms with van der Waals surface area (Å²) >= 11 is 0. The van der Waals surface area contributed by atoms with Crippen LogP contribution in [-0.2, 0) is 17.8 Å². The number of nitrogens with one attached hydrogen (secondary N) is 1. The van der Waals surface area contributed by atoms with Gasteiger partial charge in [0.15, 0.2) is 0 Å². The van der Waals surface area contributed by atoms with Gasteiger partial charge in [0.05, 0.1) is 0 Å². The van der Waals surface area contributed by atoms with Crippen molar-refractivity contribution in [3.8, 4) is 0 Å². The lowest BCUT2D eigenvalue weighted by atomic mass is 10.1. The van der Waals surface area contributed by atoms with Crippen LogP contribution in [0.2, 0.25) is 0 Å². The highest BCUT2D eigenvalue weighted by Gasteiger charge is 2.06. The van der Waals surface area contributed by atoms with Gasteiger partial charge in [-0.1, -0.05) is 51.9 Å². The van der Waals surface area contributed by atoms with Gasteiger partial charge >= 0.3 is 11.7 Å². The number of unbranched alkanes of at least 4 members (excludes halogenated alkanes) is 8. The number of hydrogen-bond acceptors (Lipinski definition) is 2. The molecule has 0 saturated heterocycles. The number of aryl methyl sites for hydroxylation is 1. The molecule has 0 unspecified atom stereocenters. The molecule has 0 aliphatic rings. The van der Waals surface area contributed by atoms with Crippen molar-refractivity contribution >= 4 is 5.97 Å². The van der Waals surface area contributed by atoms with Gasteiger partial charge in [-0.3, -0.25) is 9.36 Å². The van der Waals surface area contributed by atoms with Gasteiger partial charge in [-0.25, -0.2) is 4.79 Å². The average molecular weight is 324 g/mol. The fraction of sp³-hybridized carbons (Fsp3) is 0.778. The van der Waals surface area contributed by atoms with Crippen LogP contribution in [-0.4, -0.2) is 20.6 Å². The summed E-state index contributed by atoms with van der Waals surface area (Å²) in [4.78, 5) is 25.1. The summed E-state index contributed by atoms with van der Waals surface area (Å²) in [6.07, 6.45) is 14.1. The summed E-state index contributed by atoms with van der Waals surface area (Å²) < 4.78 is 1.85. The van der Waals surface area contributed by atoms with E-state index in [9.17, 15) is 9.59 Å². The quantitative estimate of drug-likeness (QED) is 0.506. The first-order valence-electron chi connectivity index (χ1n) is 9.14. The van der Waals surface area contributed by atoms with Crippen molar-refractivity contribution in [2.75, 3.05) is 0 Å². The molecular formula is C18H32N2O3. The van der Waals surface area contributed by atoms with Crippen LogP contribution in [0, 0.1) is 0 Å². The Bertz CT molecular complexity index is 491. The normalized spacial score (nSPS) is 11.0.